The average Bonchev–Trinajstić information content (AvgIpc) is 2.70. The number of carbonyl (C=O) groups is 1. The molecule has 4 nitrogen and oxygen atoms in total. The number of carbonyl (C=O) groups excluding carboxylic acids is 1. The van der Waals surface area contributed by atoms with Crippen LogP contribution in [0, 0.1) is 12.7 Å². The summed E-state index contributed by atoms with van der Waals surface area (Å²) in [5.74, 6) is -0.314. The Kier molecular flexibility index (Phi) is 2.82. The molecule has 0 unspecified atom stereocenters. The molecule has 17 heavy (non-hydrogen) atoms. The van der Waals surface area contributed by atoms with Crippen LogP contribution in [0.3, 0.4) is 0 Å². The van der Waals surface area contributed by atoms with Crippen LogP contribution in [0.15, 0.2) is 34.7 Å². The Labute approximate surface area is 97.2 Å². The summed E-state index contributed by atoms with van der Waals surface area (Å²) >= 11 is 0. The maximum absolute atomic E-state index is 13.4. The van der Waals surface area contributed by atoms with Crippen LogP contribution in [0.25, 0.3) is 0 Å². The van der Waals surface area contributed by atoms with Gasteiger partial charge in [0.15, 0.2) is 5.76 Å². The van der Waals surface area contributed by atoms with Crippen LogP contribution in [-0.2, 0) is 0 Å². The van der Waals surface area contributed by atoms with Gasteiger partial charge in [0.25, 0.3) is 5.91 Å². The van der Waals surface area contributed by atoms with Crippen LogP contribution in [0.5, 0.6) is 0 Å². The Balaban J connectivity index is 2.21. The van der Waals surface area contributed by atoms with E-state index in [1.165, 1.54) is 24.3 Å². The highest BCUT2D eigenvalue weighted by molar-refractivity contribution is 6.02. The van der Waals surface area contributed by atoms with Crippen molar-refractivity contribution in [3.63, 3.8) is 0 Å². The lowest BCUT2D eigenvalue weighted by molar-refractivity contribution is 0.0995. The molecule has 3 N–H and O–H groups in total. The summed E-state index contributed by atoms with van der Waals surface area (Å²) in [5, 5.41) is 2.39. The number of anilines is 2. The number of benzene rings is 1. The van der Waals surface area contributed by atoms with E-state index in [1.54, 1.807) is 13.0 Å². The van der Waals surface area contributed by atoms with E-state index in [2.05, 4.69) is 5.32 Å². The monoisotopic (exact) mass is 234 g/mol. The van der Waals surface area contributed by atoms with Crippen molar-refractivity contribution in [3.05, 3.63) is 47.7 Å². The third-order valence-corrected chi connectivity index (χ3v) is 2.20. The normalized spacial score (nSPS) is 10.2. The van der Waals surface area contributed by atoms with Crippen molar-refractivity contribution in [2.75, 3.05) is 11.1 Å². The van der Waals surface area contributed by atoms with Gasteiger partial charge in [0.2, 0.25) is 0 Å². The molecule has 0 aliphatic rings. The van der Waals surface area contributed by atoms with E-state index >= 15 is 0 Å². The van der Waals surface area contributed by atoms with E-state index in [1.807, 2.05) is 0 Å². The number of hydrogen-bond acceptors (Lipinski definition) is 3. The molecule has 0 aliphatic heterocycles. The molecule has 0 bridgehead atoms. The van der Waals surface area contributed by atoms with Crippen molar-refractivity contribution >= 4 is 17.3 Å². The van der Waals surface area contributed by atoms with Crippen molar-refractivity contribution < 1.29 is 13.6 Å². The zero-order valence-electron chi connectivity index (χ0n) is 9.16. The van der Waals surface area contributed by atoms with E-state index in [-0.39, 0.29) is 11.4 Å². The summed E-state index contributed by atoms with van der Waals surface area (Å²) < 4.78 is 18.5. The lowest BCUT2D eigenvalue weighted by atomic mass is 10.2. The Morgan fingerprint density at radius 2 is 2.12 bits per heavy atom. The first kappa shape index (κ1) is 11.2. The molecular formula is C12H11FN2O2. The van der Waals surface area contributed by atoms with Crippen LogP contribution >= 0.6 is 0 Å². The molecular weight excluding hydrogens is 223 g/mol. The van der Waals surface area contributed by atoms with Crippen molar-refractivity contribution in [1.29, 1.82) is 0 Å². The van der Waals surface area contributed by atoms with Gasteiger partial charge >= 0.3 is 0 Å². The van der Waals surface area contributed by atoms with Gasteiger partial charge in [-0.2, -0.15) is 0 Å². The van der Waals surface area contributed by atoms with Gasteiger partial charge < -0.3 is 15.5 Å². The lowest BCUT2D eigenvalue weighted by Crippen LogP contribution is -2.12. The second-order valence-corrected chi connectivity index (χ2v) is 3.60. The quantitative estimate of drug-likeness (QED) is 0.784. The number of rotatable bonds is 2. The van der Waals surface area contributed by atoms with Crippen LogP contribution < -0.4 is 11.1 Å². The van der Waals surface area contributed by atoms with Crippen LogP contribution in [0.2, 0.25) is 0 Å². The third kappa shape index (κ3) is 2.44. The minimum atomic E-state index is -0.546. The molecule has 0 fully saturated rings. The highest BCUT2D eigenvalue weighted by Crippen LogP contribution is 2.18. The predicted molar refractivity (Wildman–Crippen MR) is 62.2 cm³/mol. The second-order valence-electron chi connectivity index (χ2n) is 3.60. The topological polar surface area (TPSA) is 68.3 Å². The van der Waals surface area contributed by atoms with Crippen molar-refractivity contribution in [2.45, 2.75) is 6.92 Å². The minimum absolute atomic E-state index is 0.0315. The van der Waals surface area contributed by atoms with E-state index in [9.17, 15) is 9.18 Å². The largest absolute Gasteiger partial charge is 0.456 e. The number of amides is 1. The molecule has 0 saturated heterocycles. The van der Waals surface area contributed by atoms with Crippen LogP contribution in [-0.4, -0.2) is 5.91 Å². The fourth-order valence-electron chi connectivity index (χ4n) is 1.38. The smallest absolute Gasteiger partial charge is 0.291 e. The molecule has 1 heterocycles. The summed E-state index contributed by atoms with van der Waals surface area (Å²) in [6.07, 6.45) is 0. The first-order chi connectivity index (χ1) is 8.06. The Hall–Kier alpha value is -2.30. The van der Waals surface area contributed by atoms with E-state index in [0.717, 1.165) is 0 Å². The minimum Gasteiger partial charge on any atom is -0.456 e. The van der Waals surface area contributed by atoms with Gasteiger partial charge in [0.1, 0.15) is 11.6 Å². The molecule has 0 spiro atoms. The SMILES string of the molecule is Cc1ccc(C(=O)Nc2cc(N)ccc2F)o1. The molecule has 1 aromatic carbocycles. The standard InChI is InChI=1S/C12H11FN2O2/c1-7-2-5-11(17-7)12(16)15-10-6-8(14)3-4-9(10)13/h2-6H,14H2,1H3,(H,15,16). The fourth-order valence-corrected chi connectivity index (χ4v) is 1.38. The van der Waals surface area contributed by atoms with Crippen molar-refractivity contribution in [1.82, 2.24) is 0 Å². The summed E-state index contributed by atoms with van der Waals surface area (Å²) in [6.45, 7) is 1.72. The van der Waals surface area contributed by atoms with Gasteiger partial charge in [0.05, 0.1) is 5.69 Å². The average molecular weight is 234 g/mol. The van der Waals surface area contributed by atoms with E-state index < -0.39 is 11.7 Å². The van der Waals surface area contributed by atoms with Gasteiger partial charge in [0, 0.05) is 5.69 Å². The first-order valence-electron chi connectivity index (χ1n) is 4.99. The molecule has 0 atom stereocenters. The van der Waals surface area contributed by atoms with Gasteiger partial charge in [-0.3, -0.25) is 4.79 Å². The molecule has 0 aliphatic carbocycles. The number of nitrogens with one attached hydrogen (secondary N) is 1. The van der Waals surface area contributed by atoms with Crippen LogP contribution in [0.4, 0.5) is 15.8 Å². The summed E-state index contributed by atoms with van der Waals surface area (Å²) in [7, 11) is 0. The van der Waals surface area contributed by atoms with Crippen molar-refractivity contribution in [3.8, 4) is 0 Å². The fraction of sp³-hybridized carbons (Fsp3) is 0.0833. The number of nitrogens with two attached hydrogens (primary N) is 1. The Morgan fingerprint density at radius 3 is 2.76 bits per heavy atom. The second kappa shape index (κ2) is 4.29. The summed E-state index contributed by atoms with van der Waals surface area (Å²) in [4.78, 5) is 11.7. The first-order valence-corrected chi connectivity index (χ1v) is 4.99. The molecule has 1 amide bonds. The number of aryl methyl sites for hydroxylation is 1. The zero-order chi connectivity index (χ0) is 12.4. The maximum atomic E-state index is 13.4. The zero-order valence-corrected chi connectivity index (χ0v) is 9.16. The molecule has 1 aromatic heterocycles. The summed E-state index contributed by atoms with van der Waals surface area (Å²) in [5.41, 5.74) is 5.91. The third-order valence-electron chi connectivity index (χ3n) is 2.20. The number of furan rings is 1. The summed E-state index contributed by atoms with van der Waals surface area (Å²) in [6, 6.07) is 7.14. The number of nitrogen functional groups attached to an aromatic ring is 1. The Bertz CT molecular complexity index is 563. The van der Waals surface area contributed by atoms with Gasteiger partial charge in [-0.15, -0.1) is 0 Å². The molecule has 2 rings (SSSR count). The predicted octanol–water partition coefficient (Wildman–Crippen LogP) is 2.56. The highest BCUT2D eigenvalue weighted by atomic mass is 19.1. The van der Waals surface area contributed by atoms with Crippen molar-refractivity contribution in [2.24, 2.45) is 0 Å². The highest BCUT2D eigenvalue weighted by Gasteiger charge is 2.12. The maximum Gasteiger partial charge on any atom is 0.291 e. The molecule has 0 radical (unpaired) electrons. The molecule has 5 heteroatoms. The van der Waals surface area contributed by atoms with E-state index in [0.29, 0.717) is 11.4 Å². The van der Waals surface area contributed by atoms with Gasteiger partial charge in [-0.1, -0.05) is 0 Å². The lowest BCUT2D eigenvalue weighted by Gasteiger charge is -2.05. The molecule has 0 saturated carbocycles. The number of hydrogen-bond donors (Lipinski definition) is 2. The van der Waals surface area contributed by atoms with Gasteiger partial charge in [-0.25, -0.2) is 4.39 Å². The molecule has 2 aromatic rings. The Morgan fingerprint density at radius 1 is 1.35 bits per heavy atom. The number of halogens is 1. The molecule has 88 valence electrons. The van der Waals surface area contributed by atoms with E-state index in [4.69, 9.17) is 10.2 Å². The van der Waals surface area contributed by atoms with Crippen LogP contribution in [0.1, 0.15) is 16.3 Å². The van der Waals surface area contributed by atoms with Gasteiger partial charge in [-0.05, 0) is 37.3 Å².